The second-order valence-corrected chi connectivity index (χ2v) is 17.8. The van der Waals surface area contributed by atoms with Gasteiger partial charge in [-0.25, -0.2) is 14.6 Å². The summed E-state index contributed by atoms with van der Waals surface area (Å²) in [4.78, 5) is 68.3. The molecule has 1 aromatic heterocycles. The van der Waals surface area contributed by atoms with Crippen LogP contribution in [0.2, 0.25) is 0 Å². The molecule has 6 aromatic rings. The number of ether oxygens (including phenoxy) is 3. The molecular weight excluding hydrogens is 835 g/mol. The standard InChI is InChI=1S/C52H59N7O7/c1-8-9-15-41(55-49(60)46(58-52(63)66-7)32-13-11-10-12-14-32)48-54-40-23-19-36-26-34(17-21-38(36)47(40)56-48)33-16-20-37-35(25-33)18-22-39-43(37)30(4)45(53-39)42-24-31(28-64-5)27-59(42)50(61)44(29(2)3)57-51(62)65-6/h10-14,16-23,25-26,29-31,41-42,44,46H,8-9,15,24,27-28H2,1-7H3,(H,54,56)(H,55,60)(H,57,62)(H,58,63)/t30?,31-,41-,42-,44-,46+/m0/s1. The minimum Gasteiger partial charge on any atom is -0.453 e. The van der Waals surface area contributed by atoms with Crippen molar-refractivity contribution in [2.75, 3.05) is 34.5 Å². The zero-order chi connectivity index (χ0) is 46.6. The Labute approximate surface area is 384 Å². The van der Waals surface area contributed by atoms with E-state index in [2.05, 4.69) is 89.4 Å². The summed E-state index contributed by atoms with van der Waals surface area (Å²) in [6, 6.07) is 28.0. The molecule has 5 aromatic carbocycles. The third kappa shape index (κ3) is 9.19. The van der Waals surface area contributed by atoms with E-state index in [1.54, 1.807) is 19.2 Å². The van der Waals surface area contributed by atoms with Gasteiger partial charge in [0.15, 0.2) is 0 Å². The third-order valence-corrected chi connectivity index (χ3v) is 13.1. The zero-order valence-corrected chi connectivity index (χ0v) is 38.6. The summed E-state index contributed by atoms with van der Waals surface area (Å²) in [5.41, 5.74) is 7.44. The lowest BCUT2D eigenvalue weighted by Gasteiger charge is -2.32. The number of nitrogens with one attached hydrogen (secondary N) is 4. The van der Waals surface area contributed by atoms with Crippen LogP contribution in [0.4, 0.5) is 15.3 Å². The number of aromatic amines is 1. The number of H-pyrrole nitrogens is 1. The lowest BCUT2D eigenvalue weighted by molar-refractivity contribution is -0.134. The maximum atomic E-state index is 14.2. The number of carbonyl (C=O) groups excluding carboxylic acids is 4. The van der Waals surface area contributed by atoms with Gasteiger partial charge >= 0.3 is 12.2 Å². The highest BCUT2D eigenvalue weighted by Crippen LogP contribution is 2.45. The predicted octanol–water partition coefficient (Wildman–Crippen LogP) is 9.41. The van der Waals surface area contributed by atoms with Crippen LogP contribution in [-0.4, -0.2) is 91.1 Å². The monoisotopic (exact) mass is 893 g/mol. The highest BCUT2D eigenvalue weighted by Gasteiger charge is 2.44. The van der Waals surface area contributed by atoms with Gasteiger partial charge < -0.3 is 40.0 Å². The Hall–Kier alpha value is -6.80. The molecule has 14 heteroatoms. The Morgan fingerprint density at radius 3 is 2.20 bits per heavy atom. The number of likely N-dealkylation sites (tertiary alicyclic amines) is 1. The van der Waals surface area contributed by atoms with Crippen LogP contribution in [0.25, 0.3) is 43.7 Å². The molecule has 1 fully saturated rings. The van der Waals surface area contributed by atoms with Crippen molar-refractivity contribution in [3.8, 4) is 11.1 Å². The molecular formula is C52H59N7O7. The summed E-state index contributed by atoms with van der Waals surface area (Å²) in [5, 5.41) is 12.8. The summed E-state index contributed by atoms with van der Waals surface area (Å²) in [6.07, 6.45) is 1.84. The maximum absolute atomic E-state index is 14.2. The molecule has 344 valence electrons. The van der Waals surface area contributed by atoms with Crippen molar-refractivity contribution in [1.29, 1.82) is 0 Å². The molecule has 66 heavy (non-hydrogen) atoms. The minimum atomic E-state index is -0.951. The fourth-order valence-electron chi connectivity index (χ4n) is 9.73. The topological polar surface area (TPSA) is 176 Å². The molecule has 14 nitrogen and oxygen atoms in total. The van der Waals surface area contributed by atoms with Gasteiger partial charge in [-0.3, -0.25) is 14.6 Å². The summed E-state index contributed by atoms with van der Waals surface area (Å²) < 4.78 is 15.3. The Bertz CT molecular complexity index is 2800. The van der Waals surface area contributed by atoms with Crippen LogP contribution in [0, 0.1) is 11.8 Å². The molecule has 1 saturated heterocycles. The molecule has 6 atom stereocenters. The Balaban J connectivity index is 1.05. The van der Waals surface area contributed by atoms with Crippen molar-refractivity contribution in [3.63, 3.8) is 0 Å². The first-order chi connectivity index (χ1) is 31.9. The van der Waals surface area contributed by atoms with Gasteiger partial charge in [-0.05, 0) is 81.4 Å². The lowest BCUT2D eigenvalue weighted by Crippen LogP contribution is -2.54. The van der Waals surface area contributed by atoms with Crippen molar-refractivity contribution >= 4 is 68.0 Å². The maximum Gasteiger partial charge on any atom is 0.407 e. The van der Waals surface area contributed by atoms with E-state index < -0.39 is 30.3 Å². The van der Waals surface area contributed by atoms with E-state index >= 15 is 0 Å². The first kappa shape index (κ1) is 45.8. The van der Waals surface area contributed by atoms with Crippen molar-refractivity contribution in [2.45, 2.75) is 83.5 Å². The van der Waals surface area contributed by atoms with Gasteiger partial charge in [0.25, 0.3) is 0 Å². The van der Waals surface area contributed by atoms with Gasteiger partial charge in [-0.1, -0.05) is 107 Å². The highest BCUT2D eigenvalue weighted by molar-refractivity contribution is 6.09. The number of carbonyl (C=O) groups is 4. The van der Waals surface area contributed by atoms with Crippen molar-refractivity contribution in [1.82, 2.24) is 30.8 Å². The largest absolute Gasteiger partial charge is 0.453 e. The molecule has 0 aliphatic carbocycles. The number of imidazole rings is 1. The number of alkyl carbamates (subject to hydrolysis) is 2. The zero-order valence-electron chi connectivity index (χ0n) is 38.6. The molecule has 0 spiro atoms. The third-order valence-electron chi connectivity index (χ3n) is 13.1. The molecule has 1 unspecified atom stereocenters. The first-order valence-electron chi connectivity index (χ1n) is 22.8. The van der Waals surface area contributed by atoms with Crippen molar-refractivity contribution < 1.29 is 33.4 Å². The highest BCUT2D eigenvalue weighted by atomic mass is 16.5. The van der Waals surface area contributed by atoms with Gasteiger partial charge in [0.1, 0.15) is 17.9 Å². The van der Waals surface area contributed by atoms with Crippen molar-refractivity contribution in [3.05, 3.63) is 108 Å². The smallest absolute Gasteiger partial charge is 0.407 e. The average Bonchev–Trinajstić information content (AvgIpc) is 4.06. The van der Waals surface area contributed by atoms with Gasteiger partial charge in [0, 0.05) is 36.6 Å². The second-order valence-electron chi connectivity index (χ2n) is 17.8. The first-order valence-corrected chi connectivity index (χ1v) is 22.8. The van der Waals surface area contributed by atoms with Gasteiger partial charge in [0.2, 0.25) is 11.8 Å². The summed E-state index contributed by atoms with van der Waals surface area (Å²) in [5.74, 6) is 0.0849. The van der Waals surface area contributed by atoms with E-state index in [1.807, 2.05) is 43.0 Å². The van der Waals surface area contributed by atoms with Crippen LogP contribution in [0.3, 0.4) is 0 Å². The van der Waals surface area contributed by atoms with Crippen LogP contribution < -0.4 is 16.0 Å². The number of aliphatic imine (C=N–C) groups is 1. The number of benzene rings is 5. The summed E-state index contributed by atoms with van der Waals surface area (Å²) in [7, 11) is 4.25. The van der Waals surface area contributed by atoms with Crippen LogP contribution >= 0.6 is 0 Å². The van der Waals surface area contributed by atoms with Crippen LogP contribution in [0.5, 0.6) is 0 Å². The number of fused-ring (bicyclic) bond motifs is 6. The number of rotatable bonds is 15. The molecule has 4 amide bonds. The lowest BCUT2D eigenvalue weighted by atomic mass is 9.87. The van der Waals surface area contributed by atoms with E-state index in [-0.39, 0.29) is 35.6 Å². The SMILES string of the molecule is CCCC[C@H](NC(=O)[C@H](NC(=O)OC)c1ccccc1)c1nc2c(ccc3cc(-c4ccc5c6c(ccc5c4)N=C([C@@H]4C[C@H](COC)CN4C(=O)[C@@H](NC(=O)OC)C(C)C)C6C)ccc32)[nH]1. The van der Waals surface area contributed by atoms with Gasteiger partial charge in [0.05, 0.1) is 49.6 Å². The van der Waals surface area contributed by atoms with Gasteiger partial charge in [-0.15, -0.1) is 0 Å². The molecule has 2 aliphatic rings. The molecule has 0 bridgehead atoms. The predicted molar refractivity (Wildman–Crippen MR) is 257 cm³/mol. The Morgan fingerprint density at radius 2 is 1.52 bits per heavy atom. The fourth-order valence-corrected chi connectivity index (χ4v) is 9.73. The van der Waals surface area contributed by atoms with Crippen LogP contribution in [-0.2, 0) is 23.8 Å². The molecule has 3 heterocycles. The molecule has 0 radical (unpaired) electrons. The quantitative estimate of drug-likeness (QED) is 0.0788. The second kappa shape index (κ2) is 19.7. The van der Waals surface area contributed by atoms with E-state index in [0.717, 1.165) is 79.9 Å². The Kier molecular flexibility index (Phi) is 13.7. The van der Waals surface area contributed by atoms with E-state index in [9.17, 15) is 19.2 Å². The normalized spacial score (nSPS) is 18.2. The number of methoxy groups -OCH3 is 3. The number of aromatic nitrogens is 2. The van der Waals surface area contributed by atoms with E-state index in [1.165, 1.54) is 14.2 Å². The number of unbranched alkanes of at least 4 members (excludes halogenated alkanes) is 1. The Morgan fingerprint density at radius 1 is 0.833 bits per heavy atom. The summed E-state index contributed by atoms with van der Waals surface area (Å²) >= 11 is 0. The van der Waals surface area contributed by atoms with Crippen LogP contribution in [0.15, 0.2) is 96.0 Å². The number of nitrogens with zero attached hydrogens (tertiary/aromatic N) is 3. The van der Waals surface area contributed by atoms with Crippen molar-refractivity contribution in [2.24, 2.45) is 16.8 Å². The van der Waals surface area contributed by atoms with E-state index in [4.69, 9.17) is 24.2 Å². The van der Waals surface area contributed by atoms with Crippen LogP contribution in [0.1, 0.15) is 88.3 Å². The molecule has 8 rings (SSSR count). The van der Waals surface area contributed by atoms with E-state index in [0.29, 0.717) is 31.0 Å². The fraction of sp³-hybridized carbons (Fsp3) is 0.385. The molecule has 2 aliphatic heterocycles. The summed E-state index contributed by atoms with van der Waals surface area (Å²) in [6.45, 7) is 9.15. The van der Waals surface area contributed by atoms with Gasteiger partial charge in [-0.2, -0.15) is 0 Å². The number of hydrogen-bond donors (Lipinski definition) is 4. The number of hydrogen-bond acceptors (Lipinski definition) is 9. The molecule has 4 N–H and O–H groups in total. The molecule has 0 saturated carbocycles. The number of amides is 4. The minimum absolute atomic E-state index is 0.0410. The average molecular weight is 894 g/mol.